The van der Waals surface area contributed by atoms with Gasteiger partial charge in [0, 0.05) is 31.6 Å². The average molecular weight is 417 g/mol. The Balaban J connectivity index is 0.000000706. The number of hydrogen-bond acceptors (Lipinski definition) is 8. The van der Waals surface area contributed by atoms with Gasteiger partial charge in [-0.3, -0.25) is 9.69 Å². The molecule has 1 N–H and O–H groups in total. The lowest BCUT2D eigenvalue weighted by molar-refractivity contribution is -0.137. The molecule has 1 unspecified atom stereocenters. The Morgan fingerprint density at radius 2 is 1.86 bits per heavy atom. The molecule has 0 aliphatic carbocycles. The molecule has 10 nitrogen and oxygen atoms in total. The van der Waals surface area contributed by atoms with Crippen molar-refractivity contribution in [3.8, 4) is 0 Å². The fourth-order valence-electron chi connectivity index (χ4n) is 4.64. The molecule has 158 valence electrons. The van der Waals surface area contributed by atoms with Gasteiger partial charge in [0.1, 0.15) is 0 Å². The third kappa shape index (κ3) is 4.53. The monoisotopic (exact) mass is 416 g/mol. The van der Waals surface area contributed by atoms with Crippen molar-refractivity contribution < 1.29 is 27.5 Å². The minimum absolute atomic E-state index is 0.250. The summed E-state index contributed by atoms with van der Waals surface area (Å²) >= 11 is 0. The first-order chi connectivity index (χ1) is 13.3. The molecule has 1 aromatic heterocycles. The number of morpholine rings is 1. The molecular weight excluding hydrogens is 388 g/mol. The Morgan fingerprint density at radius 1 is 1.25 bits per heavy atom. The maximum absolute atomic E-state index is 12.0. The number of carbonyl (C=O) groups is 1. The summed E-state index contributed by atoms with van der Waals surface area (Å²) in [4.78, 5) is 10.8. The van der Waals surface area contributed by atoms with E-state index in [1.807, 2.05) is 6.92 Å². The van der Waals surface area contributed by atoms with Crippen LogP contribution in [0.1, 0.15) is 44.4 Å². The maximum Gasteiger partial charge on any atom is 0.290 e. The number of aromatic nitrogens is 2. The molecule has 3 fully saturated rings. The smallest absolute Gasteiger partial charge is 0.290 e. The first kappa shape index (κ1) is 21.2. The third-order valence-corrected chi connectivity index (χ3v) is 7.05. The molecule has 0 aromatic carbocycles. The molecule has 0 saturated carbocycles. The molecule has 1 spiro atoms. The maximum atomic E-state index is 12.0. The summed E-state index contributed by atoms with van der Waals surface area (Å²) in [6, 6.07) is 0.769. The second-order valence-electron chi connectivity index (χ2n) is 7.64. The van der Waals surface area contributed by atoms with Crippen LogP contribution in [-0.2, 0) is 32.5 Å². The van der Waals surface area contributed by atoms with Gasteiger partial charge in [0.05, 0.1) is 25.0 Å². The number of piperidine rings is 1. The van der Waals surface area contributed by atoms with E-state index in [2.05, 4.69) is 15.1 Å². The Morgan fingerprint density at radius 3 is 2.39 bits per heavy atom. The molecule has 4 heterocycles. The van der Waals surface area contributed by atoms with Crippen LogP contribution < -0.4 is 0 Å². The number of sulfonamides is 1. The number of fused-ring (bicyclic) bond motifs is 2. The fourth-order valence-corrected chi connectivity index (χ4v) is 5.52. The van der Waals surface area contributed by atoms with Crippen LogP contribution in [0.15, 0.2) is 4.42 Å². The highest BCUT2D eigenvalue weighted by Crippen LogP contribution is 2.44. The van der Waals surface area contributed by atoms with Crippen LogP contribution in [0.4, 0.5) is 0 Å². The lowest BCUT2D eigenvalue weighted by atomic mass is 9.85. The highest BCUT2D eigenvalue weighted by Gasteiger charge is 2.51. The van der Waals surface area contributed by atoms with Gasteiger partial charge in [-0.05, 0) is 25.7 Å². The van der Waals surface area contributed by atoms with Crippen LogP contribution >= 0.6 is 0 Å². The molecule has 28 heavy (non-hydrogen) atoms. The Bertz CT molecular complexity index is 768. The zero-order chi connectivity index (χ0) is 20.4. The van der Waals surface area contributed by atoms with Gasteiger partial charge < -0.3 is 14.3 Å². The molecule has 0 radical (unpaired) electrons. The number of ether oxygens (including phenoxy) is 1. The zero-order valence-corrected chi connectivity index (χ0v) is 17.1. The van der Waals surface area contributed by atoms with Gasteiger partial charge in [-0.15, -0.1) is 10.2 Å². The summed E-state index contributed by atoms with van der Waals surface area (Å²) in [6.45, 7) is 3.85. The van der Waals surface area contributed by atoms with Gasteiger partial charge in [0.15, 0.2) is 0 Å². The summed E-state index contributed by atoms with van der Waals surface area (Å²) in [5.41, 5.74) is -0.340. The molecule has 3 aliphatic heterocycles. The van der Waals surface area contributed by atoms with Crippen molar-refractivity contribution in [2.45, 2.75) is 63.3 Å². The summed E-state index contributed by atoms with van der Waals surface area (Å²) in [5, 5.41) is 15.1. The second-order valence-corrected chi connectivity index (χ2v) is 9.62. The van der Waals surface area contributed by atoms with Crippen LogP contribution in [0.3, 0.4) is 0 Å². The molecule has 3 saturated heterocycles. The predicted molar refractivity (Wildman–Crippen MR) is 99.1 cm³/mol. The van der Waals surface area contributed by atoms with E-state index in [0.717, 1.165) is 32.1 Å². The quantitative estimate of drug-likeness (QED) is 0.698. The number of nitrogens with zero attached hydrogens (tertiary/aromatic N) is 4. The summed E-state index contributed by atoms with van der Waals surface area (Å²) in [7, 11) is -3.17. The fraction of sp³-hybridized carbons (Fsp3) is 0.824. The zero-order valence-electron chi connectivity index (χ0n) is 16.3. The van der Waals surface area contributed by atoms with Gasteiger partial charge in [-0.2, -0.15) is 4.31 Å². The van der Waals surface area contributed by atoms with Gasteiger partial charge in [0.2, 0.25) is 21.8 Å². The van der Waals surface area contributed by atoms with Crippen LogP contribution in [0.25, 0.3) is 0 Å². The van der Waals surface area contributed by atoms with E-state index in [-0.39, 0.29) is 12.1 Å². The van der Waals surface area contributed by atoms with Crippen molar-refractivity contribution in [2.75, 3.05) is 26.0 Å². The van der Waals surface area contributed by atoms with Crippen molar-refractivity contribution in [1.82, 2.24) is 19.4 Å². The highest BCUT2D eigenvalue weighted by atomic mass is 32.2. The first-order valence-electron chi connectivity index (χ1n) is 9.54. The molecule has 11 heteroatoms. The third-order valence-electron chi connectivity index (χ3n) is 5.80. The molecule has 2 bridgehead atoms. The standard InChI is InChI=1S/C16H26N4O4S.CH2O2/c1-3-14-17-18-15(24-14)10-20-12-4-5-13(20)9-16(8-12)11-19(6-7-23-16)25(2,21)22;2-1-3/h12-13H,3-11H2,1-2H3;1H,(H,2,3)/t12-,13+,16?;. The number of aryl methyl sites for hydroxylation is 1. The van der Waals surface area contributed by atoms with Gasteiger partial charge >= 0.3 is 0 Å². The molecular formula is C17H28N4O6S. The molecule has 3 atom stereocenters. The molecule has 1 aromatic rings. The minimum Gasteiger partial charge on any atom is -0.483 e. The van der Waals surface area contributed by atoms with Crippen molar-refractivity contribution >= 4 is 16.5 Å². The Labute approximate surface area is 164 Å². The van der Waals surface area contributed by atoms with Crippen molar-refractivity contribution in [3.63, 3.8) is 0 Å². The summed E-state index contributed by atoms with van der Waals surface area (Å²) in [6.07, 6.45) is 6.00. The van der Waals surface area contributed by atoms with E-state index in [1.54, 1.807) is 4.31 Å². The van der Waals surface area contributed by atoms with Crippen LogP contribution in [0.2, 0.25) is 0 Å². The second kappa shape index (κ2) is 8.44. The first-order valence-corrected chi connectivity index (χ1v) is 11.4. The van der Waals surface area contributed by atoms with E-state index in [1.165, 1.54) is 6.26 Å². The molecule has 0 amide bonds. The van der Waals surface area contributed by atoms with Crippen molar-refractivity contribution in [1.29, 1.82) is 0 Å². The minimum atomic E-state index is -3.17. The van der Waals surface area contributed by atoms with E-state index >= 15 is 0 Å². The number of carboxylic acid groups (broad SMARTS) is 1. The van der Waals surface area contributed by atoms with E-state index in [0.29, 0.717) is 50.1 Å². The predicted octanol–water partition coefficient (Wildman–Crippen LogP) is 0.490. The Kier molecular flexibility index (Phi) is 6.37. The number of rotatable bonds is 4. The highest BCUT2D eigenvalue weighted by molar-refractivity contribution is 7.88. The van der Waals surface area contributed by atoms with Crippen LogP contribution in [-0.4, -0.2) is 83.0 Å². The summed E-state index contributed by atoms with van der Waals surface area (Å²) < 4.78 is 37.3. The van der Waals surface area contributed by atoms with Crippen molar-refractivity contribution in [3.05, 3.63) is 11.8 Å². The molecule has 3 aliphatic rings. The lowest BCUT2D eigenvalue weighted by Gasteiger charge is -2.49. The van der Waals surface area contributed by atoms with E-state index < -0.39 is 10.0 Å². The van der Waals surface area contributed by atoms with E-state index in [4.69, 9.17) is 19.1 Å². The molecule has 4 rings (SSSR count). The number of hydrogen-bond donors (Lipinski definition) is 1. The van der Waals surface area contributed by atoms with Crippen molar-refractivity contribution in [2.24, 2.45) is 0 Å². The Hall–Kier alpha value is -1.56. The van der Waals surface area contributed by atoms with E-state index in [9.17, 15) is 8.42 Å². The van der Waals surface area contributed by atoms with Crippen LogP contribution in [0.5, 0.6) is 0 Å². The van der Waals surface area contributed by atoms with Gasteiger partial charge in [-0.25, -0.2) is 8.42 Å². The SMILES string of the molecule is CCc1nnc(CN2[C@@H]3CC[C@H]2CC2(C3)CN(S(C)(=O)=O)CCO2)o1.O=CO. The van der Waals surface area contributed by atoms with Crippen LogP contribution in [0, 0.1) is 0 Å². The topological polar surface area (TPSA) is 126 Å². The average Bonchev–Trinajstić information content (AvgIpc) is 3.19. The largest absolute Gasteiger partial charge is 0.483 e. The normalized spacial score (nSPS) is 30.8. The lowest BCUT2D eigenvalue weighted by Crippen LogP contribution is -2.60. The van der Waals surface area contributed by atoms with Gasteiger partial charge in [0.25, 0.3) is 6.47 Å². The van der Waals surface area contributed by atoms with Gasteiger partial charge in [-0.1, -0.05) is 6.92 Å². The summed E-state index contributed by atoms with van der Waals surface area (Å²) in [5.74, 6) is 1.35.